The van der Waals surface area contributed by atoms with Crippen molar-refractivity contribution in [3.8, 4) is 0 Å². The first kappa shape index (κ1) is 18.1. The van der Waals surface area contributed by atoms with Gasteiger partial charge in [-0.15, -0.1) is 0 Å². The van der Waals surface area contributed by atoms with Crippen LogP contribution in [0.1, 0.15) is 19.4 Å². The van der Waals surface area contributed by atoms with E-state index in [1.165, 1.54) is 24.3 Å². The summed E-state index contributed by atoms with van der Waals surface area (Å²) in [6.07, 6.45) is 1.48. The van der Waals surface area contributed by atoms with Crippen molar-refractivity contribution in [2.45, 2.75) is 19.9 Å². The van der Waals surface area contributed by atoms with Crippen LogP contribution in [-0.2, 0) is 9.59 Å². The van der Waals surface area contributed by atoms with Crippen LogP contribution in [0.2, 0.25) is 0 Å². The van der Waals surface area contributed by atoms with E-state index in [4.69, 9.17) is 12.2 Å². The van der Waals surface area contributed by atoms with Gasteiger partial charge in [-0.2, -0.15) is 0 Å². The lowest BCUT2D eigenvalue weighted by Crippen LogP contribution is -2.47. The third-order valence-electron chi connectivity index (χ3n) is 3.37. The highest BCUT2D eigenvalue weighted by Gasteiger charge is 2.41. The van der Waals surface area contributed by atoms with E-state index in [1.807, 2.05) is 0 Å². The third-order valence-corrected chi connectivity index (χ3v) is 4.70. The molecule has 0 radical (unpaired) electrons. The summed E-state index contributed by atoms with van der Waals surface area (Å²) >= 11 is 6.14. The van der Waals surface area contributed by atoms with Crippen molar-refractivity contribution in [1.29, 1.82) is 0 Å². The number of hydrogen-bond donors (Lipinski definition) is 1. The largest absolute Gasteiger partial charge is 0.480 e. The summed E-state index contributed by atoms with van der Waals surface area (Å²) in [4.78, 5) is 35.6. The number of thioether (sulfide) groups is 1. The smallest absolute Gasteiger partial charge is 0.327 e. The van der Waals surface area contributed by atoms with Gasteiger partial charge in [0, 0.05) is 12.1 Å². The summed E-state index contributed by atoms with van der Waals surface area (Å²) in [5.41, 5.74) is 0.381. The summed E-state index contributed by atoms with van der Waals surface area (Å²) in [5, 5.41) is 20.2. The number of non-ortho nitro benzene ring substituents is 1. The summed E-state index contributed by atoms with van der Waals surface area (Å²) in [5.74, 6) is -1.95. The zero-order valence-corrected chi connectivity index (χ0v) is 14.5. The maximum absolute atomic E-state index is 12.5. The molecule has 0 aromatic heterocycles. The van der Waals surface area contributed by atoms with E-state index in [9.17, 15) is 24.8 Å². The minimum Gasteiger partial charge on any atom is -0.480 e. The highest BCUT2D eigenvalue weighted by Crippen LogP contribution is 2.35. The predicted octanol–water partition coefficient (Wildman–Crippen LogP) is 2.91. The fraction of sp³-hybridized carbons (Fsp3) is 0.267. The molecule has 7 nitrogen and oxygen atoms in total. The van der Waals surface area contributed by atoms with Crippen LogP contribution >= 0.6 is 24.0 Å². The van der Waals surface area contributed by atoms with Gasteiger partial charge in [0.05, 0.1) is 9.83 Å². The van der Waals surface area contributed by atoms with Crippen LogP contribution in [0.15, 0.2) is 29.2 Å². The van der Waals surface area contributed by atoms with Gasteiger partial charge in [0.2, 0.25) is 0 Å². The standard InChI is InChI=1S/C15H14N2O5S2/c1-8(2)12(14(19)20)16-13(18)11(24-15(16)23)7-9-4-3-5-10(6-9)17(21)22/h3-8,12H,1-2H3,(H,19,20)/b11-7-/t12-/m1/s1. The zero-order valence-electron chi connectivity index (χ0n) is 12.8. The van der Waals surface area contributed by atoms with Crippen molar-refractivity contribution < 1.29 is 19.6 Å². The SMILES string of the molecule is CC(C)[C@H](C(=O)O)N1C(=O)/C(=C/c2cccc([N+](=O)[O-])c2)SC1=S. The van der Waals surface area contributed by atoms with Gasteiger partial charge >= 0.3 is 5.97 Å². The first-order valence-electron chi connectivity index (χ1n) is 6.96. The number of nitrogens with zero attached hydrogens (tertiary/aromatic N) is 2. The number of thiocarbonyl (C=S) groups is 1. The van der Waals surface area contributed by atoms with Crippen molar-refractivity contribution in [1.82, 2.24) is 4.90 Å². The molecule has 1 aliphatic heterocycles. The maximum atomic E-state index is 12.5. The zero-order chi connectivity index (χ0) is 18.0. The molecule has 0 bridgehead atoms. The first-order valence-corrected chi connectivity index (χ1v) is 8.19. The molecule has 1 aliphatic rings. The number of nitro benzene ring substituents is 1. The quantitative estimate of drug-likeness (QED) is 0.370. The van der Waals surface area contributed by atoms with Crippen LogP contribution in [0, 0.1) is 16.0 Å². The van der Waals surface area contributed by atoms with Crippen molar-refractivity contribution in [2.24, 2.45) is 5.92 Å². The predicted molar refractivity (Wildman–Crippen MR) is 94.4 cm³/mol. The Balaban J connectivity index is 2.36. The highest BCUT2D eigenvalue weighted by atomic mass is 32.2. The minimum absolute atomic E-state index is 0.0928. The molecular formula is C15H14N2O5S2. The van der Waals surface area contributed by atoms with Crippen molar-refractivity contribution in [3.63, 3.8) is 0 Å². The lowest BCUT2D eigenvalue weighted by Gasteiger charge is -2.26. The van der Waals surface area contributed by atoms with Gasteiger partial charge in [-0.05, 0) is 17.6 Å². The number of carboxylic acids is 1. The summed E-state index contributed by atoms with van der Waals surface area (Å²) < 4.78 is 0.165. The van der Waals surface area contributed by atoms with E-state index >= 15 is 0 Å². The van der Waals surface area contributed by atoms with Crippen molar-refractivity contribution in [3.05, 3.63) is 44.8 Å². The van der Waals surface area contributed by atoms with Crippen LogP contribution in [0.4, 0.5) is 5.69 Å². The second kappa shape index (κ2) is 7.10. The molecule has 0 unspecified atom stereocenters. The molecule has 0 aliphatic carbocycles. The van der Waals surface area contributed by atoms with Crippen LogP contribution in [0.5, 0.6) is 0 Å². The molecule has 0 spiro atoms. The molecule has 2 rings (SSSR count). The van der Waals surface area contributed by atoms with E-state index in [1.54, 1.807) is 19.9 Å². The average molecular weight is 366 g/mol. The average Bonchev–Trinajstić information content (AvgIpc) is 2.75. The Bertz CT molecular complexity index is 760. The normalized spacial score (nSPS) is 17.6. The van der Waals surface area contributed by atoms with Crippen LogP contribution in [0.25, 0.3) is 6.08 Å². The Morgan fingerprint density at radius 2 is 2.12 bits per heavy atom. The number of aliphatic carboxylic acids is 1. The van der Waals surface area contributed by atoms with E-state index in [2.05, 4.69) is 0 Å². The van der Waals surface area contributed by atoms with Gasteiger partial charge in [-0.1, -0.05) is 50.0 Å². The van der Waals surface area contributed by atoms with Crippen molar-refractivity contribution in [2.75, 3.05) is 0 Å². The first-order chi connectivity index (χ1) is 11.2. The second-order valence-electron chi connectivity index (χ2n) is 5.43. The molecule has 1 atom stereocenters. The molecule has 126 valence electrons. The Morgan fingerprint density at radius 1 is 1.46 bits per heavy atom. The van der Waals surface area contributed by atoms with E-state index in [0.29, 0.717) is 5.56 Å². The van der Waals surface area contributed by atoms with Gasteiger partial charge < -0.3 is 5.11 Å². The Morgan fingerprint density at radius 3 is 2.67 bits per heavy atom. The number of benzene rings is 1. The van der Waals surface area contributed by atoms with Crippen LogP contribution < -0.4 is 0 Å². The summed E-state index contributed by atoms with van der Waals surface area (Å²) in [6.45, 7) is 3.39. The molecule has 1 aromatic rings. The molecule has 1 heterocycles. The second-order valence-corrected chi connectivity index (χ2v) is 7.11. The number of nitro groups is 1. The molecule has 9 heteroatoms. The number of carbonyl (C=O) groups excluding carboxylic acids is 1. The van der Waals surface area contributed by atoms with Crippen molar-refractivity contribution >= 4 is 51.9 Å². The van der Waals surface area contributed by atoms with E-state index < -0.39 is 22.8 Å². The lowest BCUT2D eigenvalue weighted by molar-refractivity contribution is -0.384. The Labute approximate surface area is 147 Å². The van der Waals surface area contributed by atoms with Gasteiger partial charge in [0.1, 0.15) is 10.4 Å². The lowest BCUT2D eigenvalue weighted by atomic mass is 10.0. The molecular weight excluding hydrogens is 352 g/mol. The number of rotatable bonds is 5. The molecule has 1 amide bonds. The molecule has 24 heavy (non-hydrogen) atoms. The number of amides is 1. The number of carbonyl (C=O) groups is 2. The third kappa shape index (κ3) is 3.62. The monoisotopic (exact) mass is 366 g/mol. The van der Waals surface area contributed by atoms with E-state index in [0.717, 1.165) is 16.7 Å². The fourth-order valence-corrected chi connectivity index (χ4v) is 3.62. The maximum Gasteiger partial charge on any atom is 0.327 e. The van der Waals surface area contributed by atoms with Gasteiger partial charge in [-0.25, -0.2) is 4.79 Å². The van der Waals surface area contributed by atoms with E-state index in [-0.39, 0.29) is 20.8 Å². The molecule has 1 aromatic carbocycles. The summed E-state index contributed by atoms with van der Waals surface area (Å²) in [7, 11) is 0. The number of carboxylic acid groups (broad SMARTS) is 1. The van der Waals surface area contributed by atoms with Crippen LogP contribution in [-0.4, -0.2) is 37.2 Å². The highest BCUT2D eigenvalue weighted by molar-refractivity contribution is 8.26. The molecule has 1 N–H and O–H groups in total. The van der Waals surface area contributed by atoms with Gasteiger partial charge in [0.15, 0.2) is 0 Å². The van der Waals surface area contributed by atoms with Gasteiger partial charge in [-0.3, -0.25) is 19.8 Å². The topological polar surface area (TPSA) is 101 Å². The Kier molecular flexibility index (Phi) is 5.35. The molecule has 1 fully saturated rings. The Hall–Kier alpha value is -2.26. The van der Waals surface area contributed by atoms with Gasteiger partial charge in [0.25, 0.3) is 11.6 Å². The molecule has 1 saturated heterocycles. The summed E-state index contributed by atoms with van der Waals surface area (Å²) in [6, 6.07) is 4.77. The minimum atomic E-state index is -1.13. The van der Waals surface area contributed by atoms with Crippen LogP contribution in [0.3, 0.4) is 0 Å². The fourth-order valence-electron chi connectivity index (χ4n) is 2.29. The number of hydrogen-bond acceptors (Lipinski definition) is 6. The molecule has 0 saturated carbocycles.